The maximum Gasteiger partial charge on any atom is 0.415 e. The van der Waals surface area contributed by atoms with Crippen LogP contribution in [0.3, 0.4) is 0 Å². The van der Waals surface area contributed by atoms with Crippen LogP contribution in [0, 0.1) is 0 Å². The molecule has 1 fully saturated rings. The number of hydrogen-bond donors (Lipinski definition) is 0. The van der Waals surface area contributed by atoms with Crippen molar-refractivity contribution in [3.05, 3.63) is 16.5 Å². The standard InChI is InChI=1S/C7H5Cl2N3O2.C3H8/c8-4-3-10-6(9)11-5(4)12-1-2-14-7(12)13;1-3-2/h3H,1-2H2;3H2,1-2H3. The number of rotatable bonds is 1. The Bertz CT molecular complexity index is 401. The number of aromatic nitrogens is 2. The van der Waals surface area contributed by atoms with E-state index in [4.69, 9.17) is 27.9 Å². The van der Waals surface area contributed by atoms with Gasteiger partial charge in [-0.25, -0.2) is 9.78 Å². The van der Waals surface area contributed by atoms with Crippen LogP contribution in [0.1, 0.15) is 20.3 Å². The van der Waals surface area contributed by atoms with Crippen LogP contribution < -0.4 is 4.90 Å². The zero-order chi connectivity index (χ0) is 12.8. The first-order valence-electron chi connectivity index (χ1n) is 5.22. The molecular formula is C10H13Cl2N3O2. The Morgan fingerprint density at radius 2 is 2.12 bits per heavy atom. The number of anilines is 1. The monoisotopic (exact) mass is 277 g/mol. The fraction of sp³-hybridized carbons (Fsp3) is 0.500. The van der Waals surface area contributed by atoms with Gasteiger partial charge >= 0.3 is 6.09 Å². The first-order valence-corrected chi connectivity index (χ1v) is 5.98. The molecule has 1 aromatic heterocycles. The molecule has 1 aliphatic rings. The SMILES string of the molecule is CCC.O=C1OCCN1c1nc(Cl)ncc1Cl. The molecule has 1 saturated heterocycles. The van der Waals surface area contributed by atoms with Crippen LogP contribution >= 0.6 is 23.2 Å². The zero-order valence-corrected chi connectivity index (χ0v) is 11.1. The maximum atomic E-state index is 11.2. The summed E-state index contributed by atoms with van der Waals surface area (Å²) in [5.41, 5.74) is 0. The Hall–Kier alpha value is -1.07. The van der Waals surface area contributed by atoms with E-state index >= 15 is 0 Å². The summed E-state index contributed by atoms with van der Waals surface area (Å²) in [4.78, 5) is 20.0. The number of ether oxygens (including phenoxy) is 1. The molecule has 2 rings (SSSR count). The maximum absolute atomic E-state index is 11.2. The van der Waals surface area contributed by atoms with Gasteiger partial charge in [-0.15, -0.1) is 0 Å². The molecule has 5 nitrogen and oxygen atoms in total. The number of hydrogen-bond acceptors (Lipinski definition) is 4. The second-order valence-electron chi connectivity index (χ2n) is 3.28. The minimum atomic E-state index is -0.471. The third-order valence-electron chi connectivity index (χ3n) is 1.71. The van der Waals surface area contributed by atoms with Gasteiger partial charge in [0.25, 0.3) is 0 Å². The highest BCUT2D eigenvalue weighted by Crippen LogP contribution is 2.25. The van der Waals surface area contributed by atoms with E-state index in [0.29, 0.717) is 13.2 Å². The summed E-state index contributed by atoms with van der Waals surface area (Å²) in [7, 11) is 0. The van der Waals surface area contributed by atoms with Crippen molar-refractivity contribution in [1.29, 1.82) is 0 Å². The summed E-state index contributed by atoms with van der Waals surface area (Å²) < 4.78 is 4.74. The molecule has 94 valence electrons. The molecule has 7 heteroatoms. The van der Waals surface area contributed by atoms with Gasteiger partial charge in [-0.05, 0) is 11.6 Å². The van der Waals surface area contributed by atoms with E-state index in [0.717, 1.165) is 0 Å². The van der Waals surface area contributed by atoms with Crippen LogP contribution in [0.4, 0.5) is 10.6 Å². The lowest BCUT2D eigenvalue weighted by molar-refractivity contribution is 0.181. The van der Waals surface area contributed by atoms with Crippen molar-refractivity contribution in [2.24, 2.45) is 0 Å². The lowest BCUT2D eigenvalue weighted by Crippen LogP contribution is -2.24. The topological polar surface area (TPSA) is 55.3 Å². The van der Waals surface area contributed by atoms with Gasteiger partial charge in [0.2, 0.25) is 5.28 Å². The third kappa shape index (κ3) is 3.71. The van der Waals surface area contributed by atoms with Crippen LogP contribution in [0.2, 0.25) is 10.3 Å². The van der Waals surface area contributed by atoms with Crippen molar-refractivity contribution in [3.8, 4) is 0 Å². The average molecular weight is 278 g/mol. The number of amides is 1. The molecule has 1 amide bonds. The number of carbonyl (C=O) groups excluding carboxylic acids is 1. The highest BCUT2D eigenvalue weighted by Gasteiger charge is 2.27. The van der Waals surface area contributed by atoms with Crippen molar-refractivity contribution in [2.45, 2.75) is 20.3 Å². The van der Waals surface area contributed by atoms with E-state index in [1.807, 2.05) is 0 Å². The Balaban J connectivity index is 0.000000437. The molecule has 1 aromatic rings. The van der Waals surface area contributed by atoms with Gasteiger partial charge in [0.05, 0.1) is 12.7 Å². The van der Waals surface area contributed by atoms with Crippen LogP contribution in [-0.2, 0) is 4.74 Å². The molecule has 0 unspecified atom stereocenters. The van der Waals surface area contributed by atoms with Gasteiger partial charge < -0.3 is 4.74 Å². The van der Waals surface area contributed by atoms with Crippen molar-refractivity contribution in [2.75, 3.05) is 18.1 Å². The average Bonchev–Trinajstić information content (AvgIpc) is 2.69. The molecule has 0 aliphatic carbocycles. The molecule has 0 N–H and O–H groups in total. The summed E-state index contributed by atoms with van der Waals surface area (Å²) in [6, 6.07) is 0. The minimum Gasteiger partial charge on any atom is -0.447 e. The Kier molecular flexibility index (Phi) is 5.44. The molecule has 2 heterocycles. The van der Waals surface area contributed by atoms with Crippen LogP contribution in [-0.4, -0.2) is 29.2 Å². The summed E-state index contributed by atoms with van der Waals surface area (Å²) in [5, 5.41) is 0.317. The van der Waals surface area contributed by atoms with Gasteiger partial charge in [0.1, 0.15) is 11.6 Å². The predicted molar refractivity (Wildman–Crippen MR) is 66.7 cm³/mol. The third-order valence-corrected chi connectivity index (χ3v) is 2.16. The van der Waals surface area contributed by atoms with Gasteiger partial charge in [-0.2, -0.15) is 4.98 Å². The van der Waals surface area contributed by atoms with E-state index in [1.165, 1.54) is 17.5 Å². The largest absolute Gasteiger partial charge is 0.447 e. The van der Waals surface area contributed by atoms with E-state index < -0.39 is 6.09 Å². The van der Waals surface area contributed by atoms with Crippen molar-refractivity contribution < 1.29 is 9.53 Å². The van der Waals surface area contributed by atoms with E-state index in [-0.39, 0.29) is 16.1 Å². The van der Waals surface area contributed by atoms with E-state index in [1.54, 1.807) is 0 Å². The summed E-state index contributed by atoms with van der Waals surface area (Å²) in [6.45, 7) is 5.00. The fourth-order valence-corrected chi connectivity index (χ4v) is 1.43. The summed E-state index contributed by atoms with van der Waals surface area (Å²) >= 11 is 11.4. The van der Waals surface area contributed by atoms with Gasteiger partial charge in [-0.3, -0.25) is 4.90 Å². The lowest BCUT2D eigenvalue weighted by atomic mass is 10.5. The Morgan fingerprint density at radius 1 is 1.47 bits per heavy atom. The quantitative estimate of drug-likeness (QED) is 0.740. The van der Waals surface area contributed by atoms with Gasteiger partial charge in [0, 0.05) is 0 Å². The molecule has 0 bridgehead atoms. The highest BCUT2D eigenvalue weighted by atomic mass is 35.5. The smallest absolute Gasteiger partial charge is 0.415 e. The zero-order valence-electron chi connectivity index (χ0n) is 9.61. The summed E-state index contributed by atoms with van der Waals surface area (Å²) in [5.74, 6) is 0.286. The Labute approximate surface area is 110 Å². The number of halogens is 2. The fourth-order valence-electron chi connectivity index (χ4n) is 1.11. The minimum absolute atomic E-state index is 0.0455. The molecule has 1 aliphatic heterocycles. The second-order valence-corrected chi connectivity index (χ2v) is 4.03. The molecule has 0 radical (unpaired) electrons. The molecule has 0 saturated carbocycles. The molecule has 17 heavy (non-hydrogen) atoms. The Morgan fingerprint density at radius 3 is 2.65 bits per heavy atom. The van der Waals surface area contributed by atoms with Crippen molar-refractivity contribution in [3.63, 3.8) is 0 Å². The van der Waals surface area contributed by atoms with Gasteiger partial charge in [0.15, 0.2) is 5.82 Å². The molecule has 0 spiro atoms. The van der Waals surface area contributed by atoms with E-state index in [9.17, 15) is 4.79 Å². The predicted octanol–water partition coefficient (Wildman–Crippen LogP) is 3.16. The van der Waals surface area contributed by atoms with Crippen LogP contribution in [0.25, 0.3) is 0 Å². The first-order chi connectivity index (χ1) is 8.10. The van der Waals surface area contributed by atoms with Crippen molar-refractivity contribution in [1.82, 2.24) is 9.97 Å². The van der Waals surface area contributed by atoms with Crippen LogP contribution in [0.15, 0.2) is 6.20 Å². The number of nitrogens with zero attached hydrogens (tertiary/aromatic N) is 3. The van der Waals surface area contributed by atoms with Crippen LogP contribution in [0.5, 0.6) is 0 Å². The molecular weight excluding hydrogens is 265 g/mol. The van der Waals surface area contributed by atoms with E-state index in [2.05, 4.69) is 23.8 Å². The highest BCUT2D eigenvalue weighted by molar-refractivity contribution is 6.34. The molecule has 0 atom stereocenters. The number of carbonyl (C=O) groups is 1. The summed E-state index contributed by atoms with van der Waals surface area (Å²) in [6.07, 6.45) is 2.12. The number of cyclic esters (lactones) is 1. The van der Waals surface area contributed by atoms with Gasteiger partial charge in [-0.1, -0.05) is 31.9 Å². The molecule has 0 aromatic carbocycles. The van der Waals surface area contributed by atoms with Crippen molar-refractivity contribution >= 4 is 35.1 Å². The normalized spacial score (nSPS) is 14.1. The first kappa shape index (κ1) is 14.0. The lowest BCUT2D eigenvalue weighted by Gasteiger charge is -2.12. The second kappa shape index (κ2) is 6.61.